The molecule has 0 amide bonds. The largest absolute Gasteiger partial charge is 0.295 e. The van der Waals surface area contributed by atoms with Crippen molar-refractivity contribution in [2.75, 3.05) is 0 Å². The first-order valence-corrected chi connectivity index (χ1v) is 5.63. The molecule has 0 aliphatic carbocycles. The van der Waals surface area contributed by atoms with Gasteiger partial charge in [-0.2, -0.15) is 0 Å². The standard InChI is InChI=1S/C14H11N3O/c1-17-13(10-5-3-2-4-6-10)16-12-7-8-15-9-11(12)14(17)18/h2-9H,1H3. The van der Waals surface area contributed by atoms with Crippen molar-refractivity contribution in [2.45, 2.75) is 0 Å². The number of hydrogen-bond acceptors (Lipinski definition) is 3. The van der Waals surface area contributed by atoms with Gasteiger partial charge in [-0.15, -0.1) is 0 Å². The van der Waals surface area contributed by atoms with Crippen molar-refractivity contribution < 1.29 is 0 Å². The van der Waals surface area contributed by atoms with Crippen LogP contribution in [0.15, 0.2) is 53.6 Å². The molecule has 0 unspecified atom stereocenters. The maximum atomic E-state index is 12.2. The van der Waals surface area contributed by atoms with Crippen LogP contribution in [-0.2, 0) is 7.05 Å². The molecule has 0 aliphatic rings. The van der Waals surface area contributed by atoms with Crippen LogP contribution in [0, 0.1) is 0 Å². The zero-order valence-corrected chi connectivity index (χ0v) is 9.87. The fraction of sp³-hybridized carbons (Fsp3) is 0.0714. The molecule has 0 saturated heterocycles. The van der Waals surface area contributed by atoms with Crippen molar-refractivity contribution in [3.05, 3.63) is 59.1 Å². The molecule has 0 radical (unpaired) electrons. The topological polar surface area (TPSA) is 47.8 Å². The average molecular weight is 237 g/mol. The van der Waals surface area contributed by atoms with Gasteiger partial charge in [-0.3, -0.25) is 14.3 Å². The van der Waals surface area contributed by atoms with Gasteiger partial charge in [0.1, 0.15) is 5.82 Å². The van der Waals surface area contributed by atoms with E-state index in [4.69, 9.17) is 0 Å². The van der Waals surface area contributed by atoms with E-state index in [1.807, 2.05) is 30.3 Å². The number of fused-ring (bicyclic) bond motifs is 1. The second-order valence-electron chi connectivity index (χ2n) is 4.06. The molecule has 18 heavy (non-hydrogen) atoms. The highest BCUT2D eigenvalue weighted by Gasteiger charge is 2.09. The van der Waals surface area contributed by atoms with Gasteiger partial charge in [-0.1, -0.05) is 30.3 Å². The molecule has 0 spiro atoms. The van der Waals surface area contributed by atoms with E-state index in [0.29, 0.717) is 16.7 Å². The Morgan fingerprint density at radius 2 is 1.89 bits per heavy atom. The summed E-state index contributed by atoms with van der Waals surface area (Å²) in [7, 11) is 1.73. The molecule has 0 bridgehead atoms. The van der Waals surface area contributed by atoms with E-state index < -0.39 is 0 Å². The van der Waals surface area contributed by atoms with Gasteiger partial charge in [0.2, 0.25) is 0 Å². The lowest BCUT2D eigenvalue weighted by Crippen LogP contribution is -2.20. The summed E-state index contributed by atoms with van der Waals surface area (Å²) in [4.78, 5) is 20.7. The smallest absolute Gasteiger partial charge is 0.262 e. The third kappa shape index (κ3) is 1.59. The summed E-state index contributed by atoms with van der Waals surface area (Å²) in [6.45, 7) is 0. The van der Waals surface area contributed by atoms with Gasteiger partial charge in [0.25, 0.3) is 5.56 Å². The minimum Gasteiger partial charge on any atom is -0.295 e. The van der Waals surface area contributed by atoms with Gasteiger partial charge in [0.15, 0.2) is 0 Å². The fourth-order valence-corrected chi connectivity index (χ4v) is 1.96. The minimum atomic E-state index is -0.0769. The van der Waals surface area contributed by atoms with Gasteiger partial charge in [-0.25, -0.2) is 4.98 Å². The van der Waals surface area contributed by atoms with Crippen LogP contribution in [0.4, 0.5) is 0 Å². The van der Waals surface area contributed by atoms with Gasteiger partial charge < -0.3 is 0 Å². The highest BCUT2D eigenvalue weighted by atomic mass is 16.1. The molecule has 4 heteroatoms. The molecule has 0 N–H and O–H groups in total. The van der Waals surface area contributed by atoms with Crippen LogP contribution in [0.3, 0.4) is 0 Å². The van der Waals surface area contributed by atoms with E-state index in [2.05, 4.69) is 9.97 Å². The van der Waals surface area contributed by atoms with Crippen molar-refractivity contribution >= 4 is 10.9 Å². The maximum Gasteiger partial charge on any atom is 0.262 e. The number of hydrogen-bond donors (Lipinski definition) is 0. The van der Waals surface area contributed by atoms with Crippen LogP contribution in [0.1, 0.15) is 0 Å². The van der Waals surface area contributed by atoms with E-state index in [9.17, 15) is 4.79 Å². The Bertz CT molecular complexity index is 763. The van der Waals surface area contributed by atoms with Crippen LogP contribution in [0.25, 0.3) is 22.3 Å². The zero-order chi connectivity index (χ0) is 12.5. The lowest BCUT2D eigenvalue weighted by Gasteiger charge is -2.08. The second kappa shape index (κ2) is 4.07. The van der Waals surface area contributed by atoms with Crippen molar-refractivity contribution in [1.29, 1.82) is 0 Å². The van der Waals surface area contributed by atoms with Crippen LogP contribution >= 0.6 is 0 Å². The number of pyridine rings is 1. The molecule has 0 atom stereocenters. The Hall–Kier alpha value is -2.49. The van der Waals surface area contributed by atoms with E-state index in [1.165, 1.54) is 0 Å². The van der Waals surface area contributed by atoms with Crippen molar-refractivity contribution in [3.63, 3.8) is 0 Å². The summed E-state index contributed by atoms with van der Waals surface area (Å²) >= 11 is 0. The number of benzene rings is 1. The Kier molecular flexibility index (Phi) is 2.41. The maximum absolute atomic E-state index is 12.2. The van der Waals surface area contributed by atoms with Gasteiger partial charge in [-0.05, 0) is 6.07 Å². The Balaban J connectivity index is 2.38. The zero-order valence-electron chi connectivity index (χ0n) is 9.87. The van der Waals surface area contributed by atoms with Crippen LogP contribution in [-0.4, -0.2) is 14.5 Å². The van der Waals surface area contributed by atoms with Crippen molar-refractivity contribution in [2.24, 2.45) is 7.05 Å². The van der Waals surface area contributed by atoms with Crippen molar-refractivity contribution in [3.8, 4) is 11.4 Å². The van der Waals surface area contributed by atoms with E-state index in [-0.39, 0.29) is 5.56 Å². The predicted molar refractivity (Wildman–Crippen MR) is 70.2 cm³/mol. The average Bonchev–Trinajstić information content (AvgIpc) is 2.44. The normalized spacial score (nSPS) is 10.7. The number of rotatable bonds is 1. The second-order valence-corrected chi connectivity index (χ2v) is 4.06. The van der Waals surface area contributed by atoms with Gasteiger partial charge >= 0.3 is 0 Å². The lowest BCUT2D eigenvalue weighted by atomic mass is 10.2. The lowest BCUT2D eigenvalue weighted by molar-refractivity contribution is 0.855. The SMILES string of the molecule is Cn1c(-c2ccccc2)nc2ccncc2c1=O. The molecule has 4 nitrogen and oxygen atoms in total. The molecule has 88 valence electrons. The quantitative estimate of drug-likeness (QED) is 0.650. The van der Waals surface area contributed by atoms with Crippen molar-refractivity contribution in [1.82, 2.24) is 14.5 Å². The molecule has 0 aliphatic heterocycles. The summed E-state index contributed by atoms with van der Waals surface area (Å²) in [6.07, 6.45) is 3.20. The Morgan fingerprint density at radius 3 is 2.67 bits per heavy atom. The third-order valence-corrected chi connectivity index (χ3v) is 2.91. The molecule has 2 aromatic heterocycles. The third-order valence-electron chi connectivity index (χ3n) is 2.91. The highest BCUT2D eigenvalue weighted by Crippen LogP contribution is 2.16. The molecule has 0 saturated carbocycles. The first-order chi connectivity index (χ1) is 8.77. The summed E-state index contributed by atoms with van der Waals surface area (Å²) in [5.74, 6) is 0.666. The summed E-state index contributed by atoms with van der Waals surface area (Å²) < 4.78 is 1.55. The highest BCUT2D eigenvalue weighted by molar-refractivity contribution is 5.78. The molecular formula is C14H11N3O. The number of nitrogens with zero attached hydrogens (tertiary/aromatic N) is 3. The molecule has 2 heterocycles. The van der Waals surface area contributed by atoms with Gasteiger partial charge in [0, 0.05) is 25.0 Å². The fourth-order valence-electron chi connectivity index (χ4n) is 1.96. The molecule has 1 aromatic carbocycles. The Morgan fingerprint density at radius 1 is 1.11 bits per heavy atom. The number of aromatic nitrogens is 3. The molecule has 3 aromatic rings. The van der Waals surface area contributed by atoms with Crippen LogP contribution in [0.5, 0.6) is 0 Å². The first kappa shape index (κ1) is 10.7. The minimum absolute atomic E-state index is 0.0769. The summed E-state index contributed by atoms with van der Waals surface area (Å²) in [6, 6.07) is 11.4. The summed E-state index contributed by atoms with van der Waals surface area (Å²) in [5, 5.41) is 0.541. The van der Waals surface area contributed by atoms with E-state index in [0.717, 1.165) is 5.56 Å². The first-order valence-electron chi connectivity index (χ1n) is 5.63. The van der Waals surface area contributed by atoms with E-state index in [1.54, 1.807) is 30.1 Å². The molecule has 3 rings (SSSR count). The molecule has 0 fully saturated rings. The monoisotopic (exact) mass is 237 g/mol. The van der Waals surface area contributed by atoms with Gasteiger partial charge in [0.05, 0.1) is 10.9 Å². The van der Waals surface area contributed by atoms with E-state index >= 15 is 0 Å². The molecular weight excluding hydrogens is 226 g/mol. The van der Waals surface area contributed by atoms with Crippen LogP contribution in [0.2, 0.25) is 0 Å². The summed E-state index contributed by atoms with van der Waals surface area (Å²) in [5.41, 5.74) is 1.52. The Labute approximate surface area is 104 Å². The van der Waals surface area contributed by atoms with Crippen LogP contribution < -0.4 is 5.56 Å². The predicted octanol–water partition coefficient (Wildman–Crippen LogP) is 2.00.